The van der Waals surface area contributed by atoms with Crippen molar-refractivity contribution in [2.24, 2.45) is 0 Å². The van der Waals surface area contributed by atoms with Gasteiger partial charge in [-0.25, -0.2) is 0 Å². The summed E-state index contributed by atoms with van der Waals surface area (Å²) >= 11 is 17.6. The summed E-state index contributed by atoms with van der Waals surface area (Å²) < 4.78 is 0. The van der Waals surface area contributed by atoms with Crippen LogP contribution in [-0.4, -0.2) is 4.92 Å². The van der Waals surface area contributed by atoms with E-state index in [9.17, 15) is 10.1 Å². The molecule has 4 nitrogen and oxygen atoms in total. The first kappa shape index (κ1) is 14.9. The number of hydrogen-bond acceptors (Lipinski definition) is 3. The van der Waals surface area contributed by atoms with E-state index in [1.54, 1.807) is 24.3 Å². The fourth-order valence-electron chi connectivity index (χ4n) is 1.64. The van der Waals surface area contributed by atoms with Crippen LogP contribution in [0.15, 0.2) is 36.4 Å². The molecule has 1 N–H and O–H groups in total. The lowest BCUT2D eigenvalue weighted by Gasteiger charge is -2.09. The number of hydrogen-bond donors (Lipinski definition) is 1. The fourth-order valence-corrected chi connectivity index (χ4v) is 2.30. The van der Waals surface area contributed by atoms with Gasteiger partial charge in [0.1, 0.15) is 5.02 Å². The van der Waals surface area contributed by atoms with Gasteiger partial charge in [0.15, 0.2) is 0 Å². The SMILES string of the molecule is O=[N+]([O-])c1cc(CNc2ccc(Cl)cc2Cl)ccc1Cl. The molecule has 2 rings (SSSR count). The van der Waals surface area contributed by atoms with Crippen molar-refractivity contribution in [1.29, 1.82) is 0 Å². The predicted octanol–water partition coefficient (Wildman–Crippen LogP) is 5.17. The Labute approximate surface area is 130 Å². The van der Waals surface area contributed by atoms with Gasteiger partial charge in [0.25, 0.3) is 5.69 Å². The second kappa shape index (κ2) is 6.31. The molecular weight excluding hydrogens is 323 g/mol. The number of nitrogens with one attached hydrogen (secondary N) is 1. The van der Waals surface area contributed by atoms with Gasteiger partial charge in [0.2, 0.25) is 0 Å². The average molecular weight is 332 g/mol. The van der Waals surface area contributed by atoms with Crippen molar-refractivity contribution in [3.05, 3.63) is 67.1 Å². The van der Waals surface area contributed by atoms with Crippen LogP contribution in [0.3, 0.4) is 0 Å². The first-order valence-electron chi connectivity index (χ1n) is 5.59. The van der Waals surface area contributed by atoms with E-state index in [-0.39, 0.29) is 10.7 Å². The number of nitro groups is 1. The summed E-state index contributed by atoms with van der Waals surface area (Å²) in [4.78, 5) is 10.3. The van der Waals surface area contributed by atoms with Gasteiger partial charge in [-0.15, -0.1) is 0 Å². The van der Waals surface area contributed by atoms with Crippen LogP contribution < -0.4 is 5.32 Å². The summed E-state index contributed by atoms with van der Waals surface area (Å²) in [6, 6.07) is 9.72. The van der Waals surface area contributed by atoms with E-state index in [1.165, 1.54) is 12.1 Å². The van der Waals surface area contributed by atoms with Crippen LogP contribution in [0.25, 0.3) is 0 Å². The molecule has 0 aliphatic carbocycles. The highest BCUT2D eigenvalue weighted by atomic mass is 35.5. The smallest absolute Gasteiger partial charge is 0.288 e. The van der Waals surface area contributed by atoms with Crippen LogP contribution >= 0.6 is 34.8 Å². The Bertz CT molecular complexity index is 662. The minimum Gasteiger partial charge on any atom is -0.380 e. The molecule has 0 bridgehead atoms. The van der Waals surface area contributed by atoms with Gasteiger partial charge in [0, 0.05) is 17.6 Å². The lowest BCUT2D eigenvalue weighted by atomic mass is 10.2. The first-order valence-corrected chi connectivity index (χ1v) is 6.72. The zero-order chi connectivity index (χ0) is 14.7. The standard InChI is InChI=1S/C13H9Cl3N2O2/c14-9-2-4-12(11(16)6-9)17-7-8-1-3-10(15)13(5-8)18(19)20/h1-6,17H,7H2. The molecule has 0 unspecified atom stereocenters. The Kier molecular flexibility index (Phi) is 4.70. The van der Waals surface area contributed by atoms with E-state index < -0.39 is 4.92 Å². The maximum Gasteiger partial charge on any atom is 0.288 e. The molecule has 104 valence electrons. The van der Waals surface area contributed by atoms with Crippen molar-refractivity contribution in [3.63, 3.8) is 0 Å². The number of anilines is 1. The van der Waals surface area contributed by atoms with Crippen LogP contribution in [0, 0.1) is 10.1 Å². The summed E-state index contributed by atoms with van der Waals surface area (Å²) in [5, 5.41) is 15.0. The van der Waals surface area contributed by atoms with Gasteiger partial charge in [0.05, 0.1) is 15.6 Å². The Morgan fingerprint density at radius 2 is 1.80 bits per heavy atom. The molecule has 0 aromatic heterocycles. The minimum atomic E-state index is -0.513. The first-order chi connectivity index (χ1) is 9.47. The molecule has 2 aromatic carbocycles. The van der Waals surface area contributed by atoms with E-state index >= 15 is 0 Å². The summed E-state index contributed by atoms with van der Waals surface area (Å²) in [5.41, 5.74) is 1.31. The van der Waals surface area contributed by atoms with Gasteiger partial charge in [-0.2, -0.15) is 0 Å². The van der Waals surface area contributed by atoms with Crippen molar-refractivity contribution in [2.75, 3.05) is 5.32 Å². The highest BCUT2D eigenvalue weighted by molar-refractivity contribution is 6.36. The van der Waals surface area contributed by atoms with Crippen LogP contribution in [0.4, 0.5) is 11.4 Å². The van der Waals surface area contributed by atoms with E-state index in [4.69, 9.17) is 34.8 Å². The second-order valence-corrected chi connectivity index (χ2v) is 5.27. The molecule has 0 spiro atoms. The molecule has 20 heavy (non-hydrogen) atoms. The number of nitrogens with zero attached hydrogens (tertiary/aromatic N) is 1. The molecule has 0 fully saturated rings. The monoisotopic (exact) mass is 330 g/mol. The summed E-state index contributed by atoms with van der Waals surface area (Å²) in [5.74, 6) is 0. The highest BCUT2D eigenvalue weighted by Crippen LogP contribution is 2.28. The molecule has 7 heteroatoms. The van der Waals surface area contributed by atoms with Crippen molar-refractivity contribution in [3.8, 4) is 0 Å². The van der Waals surface area contributed by atoms with E-state index in [0.29, 0.717) is 22.3 Å². The molecule has 0 atom stereocenters. The number of benzene rings is 2. The largest absolute Gasteiger partial charge is 0.380 e. The van der Waals surface area contributed by atoms with E-state index in [1.807, 2.05) is 0 Å². The van der Waals surface area contributed by atoms with Gasteiger partial charge >= 0.3 is 0 Å². The normalized spacial score (nSPS) is 10.3. The highest BCUT2D eigenvalue weighted by Gasteiger charge is 2.12. The van der Waals surface area contributed by atoms with Crippen molar-refractivity contribution >= 4 is 46.2 Å². The van der Waals surface area contributed by atoms with Crippen molar-refractivity contribution in [2.45, 2.75) is 6.54 Å². The number of rotatable bonds is 4. The summed E-state index contributed by atoms with van der Waals surface area (Å²) in [7, 11) is 0. The maximum atomic E-state index is 10.8. The minimum absolute atomic E-state index is 0.114. The number of halogens is 3. The van der Waals surface area contributed by atoms with Crippen LogP contribution in [0.5, 0.6) is 0 Å². The van der Waals surface area contributed by atoms with Crippen LogP contribution in [0.1, 0.15) is 5.56 Å². The summed E-state index contributed by atoms with van der Waals surface area (Å²) in [6.07, 6.45) is 0. The van der Waals surface area contributed by atoms with E-state index in [0.717, 1.165) is 5.56 Å². The lowest BCUT2D eigenvalue weighted by Crippen LogP contribution is -2.01. The molecular formula is C13H9Cl3N2O2. The summed E-state index contributed by atoms with van der Waals surface area (Å²) in [6.45, 7) is 0.388. The topological polar surface area (TPSA) is 55.2 Å². The Balaban J connectivity index is 2.15. The van der Waals surface area contributed by atoms with E-state index in [2.05, 4.69) is 5.32 Å². The Morgan fingerprint density at radius 1 is 1.05 bits per heavy atom. The molecule has 0 amide bonds. The Morgan fingerprint density at radius 3 is 2.45 bits per heavy atom. The van der Waals surface area contributed by atoms with Crippen molar-refractivity contribution < 1.29 is 4.92 Å². The third-order valence-electron chi connectivity index (χ3n) is 2.62. The molecule has 0 saturated carbocycles. The molecule has 0 aliphatic heterocycles. The fraction of sp³-hybridized carbons (Fsp3) is 0.0769. The maximum absolute atomic E-state index is 10.8. The number of nitro benzene ring substituents is 1. The molecule has 0 heterocycles. The zero-order valence-electron chi connectivity index (χ0n) is 10.1. The van der Waals surface area contributed by atoms with Crippen molar-refractivity contribution in [1.82, 2.24) is 0 Å². The van der Waals surface area contributed by atoms with Gasteiger partial charge < -0.3 is 5.32 Å². The predicted molar refractivity (Wildman–Crippen MR) is 81.9 cm³/mol. The van der Waals surface area contributed by atoms with Crippen LogP contribution in [0.2, 0.25) is 15.1 Å². The molecule has 0 saturated heterocycles. The third kappa shape index (κ3) is 3.54. The van der Waals surface area contributed by atoms with Gasteiger partial charge in [-0.3, -0.25) is 10.1 Å². The average Bonchev–Trinajstić information content (AvgIpc) is 2.39. The van der Waals surface area contributed by atoms with Gasteiger partial charge in [-0.05, 0) is 29.8 Å². The quantitative estimate of drug-likeness (QED) is 0.621. The third-order valence-corrected chi connectivity index (χ3v) is 3.49. The van der Waals surface area contributed by atoms with Crippen LogP contribution in [-0.2, 0) is 6.54 Å². The molecule has 0 aliphatic rings. The molecule has 2 aromatic rings. The van der Waals surface area contributed by atoms with Gasteiger partial charge in [-0.1, -0.05) is 40.9 Å². The molecule has 0 radical (unpaired) electrons. The Hall–Kier alpha value is -1.49. The second-order valence-electron chi connectivity index (χ2n) is 4.02. The zero-order valence-corrected chi connectivity index (χ0v) is 12.3. The lowest BCUT2D eigenvalue weighted by molar-refractivity contribution is -0.384.